The largest absolute Gasteiger partial charge is 0.508 e. The van der Waals surface area contributed by atoms with Crippen LogP contribution in [0.4, 0.5) is 0 Å². The molecule has 2 N–H and O–H groups in total. The molecule has 0 bridgehead atoms. The normalized spacial score (nSPS) is 21.6. The smallest absolute Gasteiger partial charge is 0.115 e. The molecule has 0 saturated heterocycles. The molecule has 2 nitrogen and oxygen atoms in total. The lowest BCUT2D eigenvalue weighted by atomic mass is 9.72. The van der Waals surface area contributed by atoms with Gasteiger partial charge in [-0.2, -0.15) is 0 Å². The van der Waals surface area contributed by atoms with E-state index < -0.39 is 0 Å². The van der Waals surface area contributed by atoms with Crippen molar-refractivity contribution in [1.29, 1.82) is 0 Å². The van der Waals surface area contributed by atoms with E-state index in [0.29, 0.717) is 23.3 Å². The van der Waals surface area contributed by atoms with Crippen LogP contribution in [-0.2, 0) is 5.41 Å². The predicted molar refractivity (Wildman–Crippen MR) is 98.9 cm³/mol. The monoisotopic (exact) mass is 324 g/mol. The predicted octanol–water partition coefficient (Wildman–Crippen LogP) is 5.84. The van der Waals surface area contributed by atoms with Gasteiger partial charge < -0.3 is 10.2 Å². The van der Waals surface area contributed by atoms with Crippen molar-refractivity contribution < 1.29 is 10.2 Å². The van der Waals surface area contributed by atoms with Gasteiger partial charge in [0.05, 0.1) is 0 Å². The molecule has 2 aromatic carbocycles. The standard InChI is InChI=1S/C22H28O2/c1-22(2,3)21-14-19(24)12-13-20(21)17-6-4-15(5-7-17)16-8-10-18(23)11-9-16/h8-15,17,23-24H,4-7H2,1-3H3. The van der Waals surface area contributed by atoms with Crippen molar-refractivity contribution in [3.05, 3.63) is 59.2 Å². The third kappa shape index (κ3) is 3.58. The Morgan fingerprint density at radius 1 is 0.750 bits per heavy atom. The summed E-state index contributed by atoms with van der Waals surface area (Å²) in [7, 11) is 0. The van der Waals surface area contributed by atoms with Crippen molar-refractivity contribution >= 4 is 0 Å². The SMILES string of the molecule is CC(C)(C)c1cc(O)ccc1C1CCC(c2ccc(O)cc2)CC1. The van der Waals surface area contributed by atoms with Crippen molar-refractivity contribution in [2.24, 2.45) is 0 Å². The molecule has 128 valence electrons. The van der Waals surface area contributed by atoms with Gasteiger partial charge in [0, 0.05) is 0 Å². The third-order valence-electron chi connectivity index (χ3n) is 5.38. The van der Waals surface area contributed by atoms with Crippen molar-refractivity contribution in [3.8, 4) is 11.5 Å². The zero-order valence-electron chi connectivity index (χ0n) is 14.9. The minimum Gasteiger partial charge on any atom is -0.508 e. The van der Waals surface area contributed by atoms with Gasteiger partial charge in [0.25, 0.3) is 0 Å². The van der Waals surface area contributed by atoms with Gasteiger partial charge in [-0.05, 0) is 83.9 Å². The summed E-state index contributed by atoms with van der Waals surface area (Å²) < 4.78 is 0. The molecule has 0 unspecified atom stereocenters. The highest BCUT2D eigenvalue weighted by Gasteiger charge is 2.28. The van der Waals surface area contributed by atoms with Gasteiger partial charge in [-0.1, -0.05) is 39.0 Å². The van der Waals surface area contributed by atoms with E-state index in [0.717, 1.165) is 0 Å². The summed E-state index contributed by atoms with van der Waals surface area (Å²) in [6, 6.07) is 13.6. The molecule has 1 fully saturated rings. The summed E-state index contributed by atoms with van der Waals surface area (Å²) in [6.07, 6.45) is 4.72. The second-order valence-electron chi connectivity index (χ2n) is 8.16. The van der Waals surface area contributed by atoms with E-state index in [-0.39, 0.29) is 5.41 Å². The van der Waals surface area contributed by atoms with Crippen LogP contribution < -0.4 is 0 Å². The molecule has 0 aromatic heterocycles. The molecule has 2 heteroatoms. The van der Waals surface area contributed by atoms with Gasteiger partial charge in [-0.25, -0.2) is 0 Å². The number of rotatable bonds is 2. The second-order valence-corrected chi connectivity index (χ2v) is 8.16. The molecule has 24 heavy (non-hydrogen) atoms. The van der Waals surface area contributed by atoms with Crippen LogP contribution in [0.3, 0.4) is 0 Å². The average molecular weight is 324 g/mol. The summed E-state index contributed by atoms with van der Waals surface area (Å²) in [6.45, 7) is 6.65. The Morgan fingerprint density at radius 3 is 1.88 bits per heavy atom. The minimum absolute atomic E-state index is 0.0435. The molecule has 0 atom stereocenters. The van der Waals surface area contributed by atoms with Crippen LogP contribution >= 0.6 is 0 Å². The molecule has 3 rings (SSSR count). The van der Waals surface area contributed by atoms with Crippen LogP contribution in [0.5, 0.6) is 11.5 Å². The maximum Gasteiger partial charge on any atom is 0.115 e. The molecule has 1 aliphatic rings. The number of phenols is 2. The first kappa shape index (κ1) is 16.9. The zero-order valence-corrected chi connectivity index (χ0v) is 14.9. The maximum atomic E-state index is 9.89. The molecule has 0 radical (unpaired) electrons. The Balaban J connectivity index is 1.76. The maximum absolute atomic E-state index is 9.89. The molecule has 1 aliphatic carbocycles. The summed E-state index contributed by atoms with van der Waals surface area (Å²) in [5.41, 5.74) is 4.06. The Kier molecular flexibility index (Phi) is 4.58. The first-order valence-corrected chi connectivity index (χ1v) is 8.97. The number of phenolic OH excluding ortho intramolecular Hbond substituents is 2. The van der Waals surface area contributed by atoms with Crippen molar-refractivity contribution in [3.63, 3.8) is 0 Å². The molecule has 0 aliphatic heterocycles. The summed E-state index contributed by atoms with van der Waals surface area (Å²) >= 11 is 0. The van der Waals surface area contributed by atoms with Crippen LogP contribution in [0, 0.1) is 0 Å². The summed E-state index contributed by atoms with van der Waals surface area (Å²) in [4.78, 5) is 0. The Hall–Kier alpha value is -1.96. The van der Waals surface area contributed by atoms with Crippen LogP contribution in [0.15, 0.2) is 42.5 Å². The van der Waals surface area contributed by atoms with E-state index in [4.69, 9.17) is 0 Å². The fourth-order valence-corrected chi connectivity index (χ4v) is 4.03. The number of hydrogen-bond acceptors (Lipinski definition) is 2. The molecule has 0 spiro atoms. The van der Waals surface area contributed by atoms with Crippen LogP contribution in [-0.4, -0.2) is 10.2 Å². The highest BCUT2D eigenvalue weighted by molar-refractivity contribution is 5.41. The fourth-order valence-electron chi connectivity index (χ4n) is 4.03. The lowest BCUT2D eigenvalue weighted by Crippen LogP contribution is -2.19. The van der Waals surface area contributed by atoms with Gasteiger partial charge in [-0.15, -0.1) is 0 Å². The van der Waals surface area contributed by atoms with Gasteiger partial charge in [0.2, 0.25) is 0 Å². The van der Waals surface area contributed by atoms with Crippen LogP contribution in [0.25, 0.3) is 0 Å². The minimum atomic E-state index is 0.0435. The van der Waals surface area contributed by atoms with E-state index in [9.17, 15) is 10.2 Å². The molecular weight excluding hydrogens is 296 g/mol. The highest BCUT2D eigenvalue weighted by atomic mass is 16.3. The quantitative estimate of drug-likeness (QED) is 0.729. The zero-order chi connectivity index (χ0) is 17.3. The molecule has 0 amide bonds. The topological polar surface area (TPSA) is 40.5 Å². The van der Waals surface area contributed by atoms with E-state index in [2.05, 4.69) is 39.0 Å². The highest BCUT2D eigenvalue weighted by Crippen LogP contribution is 2.44. The van der Waals surface area contributed by atoms with Gasteiger partial charge >= 0.3 is 0 Å². The van der Waals surface area contributed by atoms with Gasteiger partial charge in [0.15, 0.2) is 0 Å². The van der Waals surface area contributed by atoms with Crippen molar-refractivity contribution in [2.45, 2.75) is 63.7 Å². The number of hydrogen-bond donors (Lipinski definition) is 2. The lowest BCUT2D eigenvalue weighted by Gasteiger charge is -2.33. The van der Waals surface area contributed by atoms with Crippen molar-refractivity contribution in [1.82, 2.24) is 0 Å². The average Bonchev–Trinajstić information content (AvgIpc) is 2.55. The number of benzene rings is 2. The molecule has 2 aromatic rings. The van der Waals surface area contributed by atoms with Gasteiger partial charge in [0.1, 0.15) is 11.5 Å². The summed E-state index contributed by atoms with van der Waals surface area (Å²) in [5, 5.41) is 19.3. The summed E-state index contributed by atoms with van der Waals surface area (Å²) in [5.74, 6) is 1.87. The van der Waals surface area contributed by atoms with E-state index >= 15 is 0 Å². The van der Waals surface area contributed by atoms with Crippen LogP contribution in [0.1, 0.15) is 75.0 Å². The second kappa shape index (κ2) is 6.51. The lowest BCUT2D eigenvalue weighted by molar-refractivity contribution is 0.390. The van der Waals surface area contributed by atoms with E-state index in [1.165, 1.54) is 42.4 Å². The first-order chi connectivity index (χ1) is 11.3. The van der Waals surface area contributed by atoms with Gasteiger partial charge in [-0.3, -0.25) is 0 Å². The Bertz CT molecular complexity index is 687. The van der Waals surface area contributed by atoms with Crippen molar-refractivity contribution in [2.75, 3.05) is 0 Å². The third-order valence-corrected chi connectivity index (χ3v) is 5.38. The molecule has 0 heterocycles. The fraction of sp³-hybridized carbons (Fsp3) is 0.455. The molecular formula is C22H28O2. The molecule has 1 saturated carbocycles. The first-order valence-electron chi connectivity index (χ1n) is 8.97. The van der Waals surface area contributed by atoms with Crippen LogP contribution in [0.2, 0.25) is 0 Å². The Morgan fingerprint density at radius 2 is 1.29 bits per heavy atom. The van der Waals surface area contributed by atoms with E-state index in [1.807, 2.05) is 12.1 Å². The Labute approximate surface area is 145 Å². The van der Waals surface area contributed by atoms with E-state index in [1.54, 1.807) is 12.1 Å². The number of aromatic hydroxyl groups is 2.